The number of benzene rings is 2. The number of imide groups is 2. The number of anilines is 1. The lowest BCUT2D eigenvalue weighted by Gasteiger charge is -2.26. The van der Waals surface area contributed by atoms with E-state index in [0.29, 0.717) is 15.5 Å². The molecule has 0 radical (unpaired) electrons. The molecule has 1 N–H and O–H groups in total. The Bertz CT molecular complexity index is 878. The van der Waals surface area contributed by atoms with E-state index in [4.69, 9.17) is 11.6 Å². The summed E-state index contributed by atoms with van der Waals surface area (Å²) in [6, 6.07) is 10.7. The smallest absolute Gasteiger partial charge is 0.273 e. The van der Waals surface area contributed by atoms with Gasteiger partial charge < -0.3 is 0 Å². The molecule has 1 heterocycles. The van der Waals surface area contributed by atoms with Crippen LogP contribution in [0.4, 0.5) is 14.9 Å². The summed E-state index contributed by atoms with van der Waals surface area (Å²) in [5.74, 6) is -2.49. The van der Waals surface area contributed by atoms with Gasteiger partial charge in [0.1, 0.15) is 11.4 Å². The van der Waals surface area contributed by atoms with Gasteiger partial charge in [-0.15, -0.1) is 0 Å². The highest BCUT2D eigenvalue weighted by Crippen LogP contribution is 2.24. The van der Waals surface area contributed by atoms with Gasteiger partial charge in [-0.25, -0.2) is 14.1 Å². The number of para-hydroxylation sites is 1. The summed E-state index contributed by atoms with van der Waals surface area (Å²) in [5.41, 5.74) is 0.0374. The van der Waals surface area contributed by atoms with Crippen molar-refractivity contribution in [3.63, 3.8) is 0 Å². The van der Waals surface area contributed by atoms with Gasteiger partial charge in [0.05, 0.1) is 5.69 Å². The first-order valence-electron chi connectivity index (χ1n) is 6.89. The molecule has 0 aromatic heterocycles. The Morgan fingerprint density at radius 2 is 1.67 bits per heavy atom. The fourth-order valence-corrected chi connectivity index (χ4v) is 2.36. The molecular formula is C17H10ClFN2O3. The maximum absolute atomic E-state index is 13.9. The van der Waals surface area contributed by atoms with Crippen molar-refractivity contribution in [2.45, 2.75) is 0 Å². The van der Waals surface area contributed by atoms with E-state index >= 15 is 0 Å². The van der Waals surface area contributed by atoms with E-state index in [1.807, 2.05) is 5.32 Å². The molecule has 0 bridgehead atoms. The third kappa shape index (κ3) is 2.91. The van der Waals surface area contributed by atoms with E-state index in [1.165, 1.54) is 24.3 Å². The molecule has 2 aromatic rings. The summed E-state index contributed by atoms with van der Waals surface area (Å²) in [6.45, 7) is 0. The summed E-state index contributed by atoms with van der Waals surface area (Å²) < 4.78 is 13.9. The lowest BCUT2D eigenvalue weighted by atomic mass is 10.1. The summed E-state index contributed by atoms with van der Waals surface area (Å²) in [4.78, 5) is 37.1. The predicted molar refractivity (Wildman–Crippen MR) is 86.9 cm³/mol. The van der Waals surface area contributed by atoms with Crippen LogP contribution in [0.3, 0.4) is 0 Å². The van der Waals surface area contributed by atoms with Crippen molar-refractivity contribution in [1.82, 2.24) is 5.32 Å². The van der Waals surface area contributed by atoms with Gasteiger partial charge in [-0.2, -0.15) is 0 Å². The minimum Gasteiger partial charge on any atom is -0.273 e. The SMILES string of the molecule is O=C1NC(=O)N(c2ccccc2F)C(=O)/C1=C\c1ccc(Cl)cc1. The fraction of sp³-hybridized carbons (Fsp3) is 0. The molecule has 1 aliphatic rings. The molecule has 0 saturated carbocycles. The highest BCUT2D eigenvalue weighted by Gasteiger charge is 2.37. The number of nitrogens with one attached hydrogen (secondary N) is 1. The van der Waals surface area contributed by atoms with E-state index in [2.05, 4.69) is 0 Å². The molecule has 0 aliphatic carbocycles. The molecule has 2 aromatic carbocycles. The summed E-state index contributed by atoms with van der Waals surface area (Å²) in [6.07, 6.45) is 1.31. The number of carbonyl (C=O) groups excluding carboxylic acids is 3. The molecule has 1 aliphatic heterocycles. The average Bonchev–Trinajstić information content (AvgIpc) is 2.55. The van der Waals surface area contributed by atoms with E-state index in [0.717, 1.165) is 6.07 Å². The molecule has 5 nitrogen and oxygen atoms in total. The maximum atomic E-state index is 13.9. The number of carbonyl (C=O) groups is 3. The Hall–Kier alpha value is -2.99. The fourth-order valence-electron chi connectivity index (χ4n) is 2.23. The lowest BCUT2D eigenvalue weighted by Crippen LogP contribution is -2.54. The van der Waals surface area contributed by atoms with Gasteiger partial charge >= 0.3 is 6.03 Å². The van der Waals surface area contributed by atoms with E-state index in [1.54, 1.807) is 24.3 Å². The first-order valence-corrected chi connectivity index (χ1v) is 7.27. The molecule has 1 saturated heterocycles. The molecule has 120 valence electrons. The van der Waals surface area contributed by atoms with Crippen LogP contribution in [0.15, 0.2) is 54.1 Å². The number of hydrogen-bond donors (Lipinski definition) is 1. The Labute approximate surface area is 141 Å². The zero-order valence-electron chi connectivity index (χ0n) is 12.1. The van der Waals surface area contributed by atoms with Gasteiger partial charge in [0, 0.05) is 5.02 Å². The monoisotopic (exact) mass is 344 g/mol. The predicted octanol–water partition coefficient (Wildman–Crippen LogP) is 3.15. The van der Waals surface area contributed by atoms with Gasteiger partial charge in [0.15, 0.2) is 0 Å². The Morgan fingerprint density at radius 1 is 1.00 bits per heavy atom. The first-order chi connectivity index (χ1) is 11.5. The van der Waals surface area contributed by atoms with Crippen LogP contribution in [0.5, 0.6) is 0 Å². The minimum absolute atomic E-state index is 0.227. The third-order valence-electron chi connectivity index (χ3n) is 3.38. The van der Waals surface area contributed by atoms with Crippen molar-refractivity contribution in [3.8, 4) is 0 Å². The molecule has 7 heteroatoms. The number of urea groups is 1. The molecular weight excluding hydrogens is 335 g/mol. The largest absolute Gasteiger partial charge is 0.336 e. The summed E-state index contributed by atoms with van der Waals surface area (Å²) in [5, 5.41) is 2.53. The van der Waals surface area contributed by atoms with Crippen molar-refractivity contribution < 1.29 is 18.8 Å². The van der Waals surface area contributed by atoms with Gasteiger partial charge in [-0.3, -0.25) is 14.9 Å². The summed E-state index contributed by atoms with van der Waals surface area (Å²) >= 11 is 5.79. The second-order valence-electron chi connectivity index (χ2n) is 4.96. The van der Waals surface area contributed by atoms with Crippen LogP contribution in [-0.4, -0.2) is 17.8 Å². The number of rotatable bonds is 2. The van der Waals surface area contributed by atoms with Crippen LogP contribution in [0, 0.1) is 5.82 Å². The Balaban J connectivity index is 2.03. The Morgan fingerprint density at radius 3 is 2.33 bits per heavy atom. The summed E-state index contributed by atoms with van der Waals surface area (Å²) in [7, 11) is 0. The molecule has 0 spiro atoms. The standard InChI is InChI=1S/C17H10ClFN2O3/c18-11-7-5-10(6-8-11)9-12-15(22)20-17(24)21(16(12)23)14-4-2-1-3-13(14)19/h1-9H,(H,20,22,24)/b12-9-. The quantitative estimate of drug-likeness (QED) is 0.672. The first kappa shape index (κ1) is 15.9. The van der Waals surface area contributed by atoms with E-state index in [9.17, 15) is 18.8 Å². The second-order valence-corrected chi connectivity index (χ2v) is 5.40. The van der Waals surface area contributed by atoms with Crippen LogP contribution in [0.2, 0.25) is 5.02 Å². The van der Waals surface area contributed by atoms with Gasteiger partial charge in [0.2, 0.25) is 0 Å². The molecule has 0 unspecified atom stereocenters. The van der Waals surface area contributed by atoms with Crippen molar-refractivity contribution in [2.75, 3.05) is 4.90 Å². The highest BCUT2D eigenvalue weighted by molar-refractivity contribution is 6.39. The van der Waals surface area contributed by atoms with E-state index in [-0.39, 0.29) is 11.3 Å². The topological polar surface area (TPSA) is 66.5 Å². The van der Waals surface area contributed by atoms with Crippen LogP contribution >= 0.6 is 11.6 Å². The van der Waals surface area contributed by atoms with Crippen molar-refractivity contribution >= 4 is 41.2 Å². The zero-order chi connectivity index (χ0) is 17.3. The number of nitrogens with zero attached hydrogens (tertiary/aromatic N) is 1. The number of halogens is 2. The van der Waals surface area contributed by atoms with Crippen molar-refractivity contribution in [3.05, 3.63) is 70.5 Å². The van der Waals surface area contributed by atoms with Crippen LogP contribution < -0.4 is 10.2 Å². The minimum atomic E-state index is -0.997. The van der Waals surface area contributed by atoms with E-state index < -0.39 is 23.7 Å². The van der Waals surface area contributed by atoms with Crippen LogP contribution in [-0.2, 0) is 9.59 Å². The van der Waals surface area contributed by atoms with Crippen LogP contribution in [0.1, 0.15) is 5.56 Å². The average molecular weight is 345 g/mol. The highest BCUT2D eigenvalue weighted by atomic mass is 35.5. The molecule has 0 atom stereocenters. The zero-order valence-corrected chi connectivity index (χ0v) is 12.9. The molecule has 1 fully saturated rings. The normalized spacial score (nSPS) is 16.5. The third-order valence-corrected chi connectivity index (χ3v) is 3.63. The maximum Gasteiger partial charge on any atom is 0.336 e. The van der Waals surface area contributed by atoms with Gasteiger partial charge in [-0.1, -0.05) is 35.9 Å². The number of barbiturate groups is 1. The molecule has 4 amide bonds. The number of amides is 4. The van der Waals surface area contributed by atoms with Crippen molar-refractivity contribution in [2.24, 2.45) is 0 Å². The second kappa shape index (κ2) is 6.25. The molecule has 24 heavy (non-hydrogen) atoms. The number of hydrogen-bond acceptors (Lipinski definition) is 3. The van der Waals surface area contributed by atoms with Crippen molar-refractivity contribution in [1.29, 1.82) is 0 Å². The van der Waals surface area contributed by atoms with Gasteiger partial charge in [-0.05, 0) is 35.9 Å². The lowest BCUT2D eigenvalue weighted by molar-refractivity contribution is -0.122. The van der Waals surface area contributed by atoms with Crippen LogP contribution in [0.25, 0.3) is 6.08 Å². The Kier molecular flexibility index (Phi) is 4.14. The van der Waals surface area contributed by atoms with Gasteiger partial charge in [0.25, 0.3) is 11.8 Å². The molecule has 3 rings (SSSR count).